The van der Waals surface area contributed by atoms with E-state index in [1.165, 1.54) is 0 Å². The molecule has 0 spiro atoms. The molecule has 3 nitrogen and oxygen atoms in total. The summed E-state index contributed by atoms with van der Waals surface area (Å²) < 4.78 is 0. The van der Waals surface area contributed by atoms with Crippen molar-refractivity contribution >= 4 is 11.8 Å². The summed E-state index contributed by atoms with van der Waals surface area (Å²) in [5, 5.41) is 8.57. The first-order valence-electron chi connectivity index (χ1n) is 5.44. The van der Waals surface area contributed by atoms with Crippen LogP contribution in [0.5, 0.6) is 0 Å². The number of hydrogen-bond acceptors (Lipinski definition) is 2. The zero-order chi connectivity index (χ0) is 10.7. The Bertz CT molecular complexity index is 235. The Morgan fingerprint density at radius 1 is 1.43 bits per heavy atom. The van der Waals surface area contributed by atoms with E-state index in [0.29, 0.717) is 5.92 Å². The molecule has 80 valence electrons. The van der Waals surface area contributed by atoms with Crippen LogP contribution in [-0.2, 0) is 9.59 Å². The third kappa shape index (κ3) is 1.97. The number of carbonyl (C=O) groups excluding carboxylic acids is 1. The lowest BCUT2D eigenvalue weighted by atomic mass is 9.85. The lowest BCUT2D eigenvalue weighted by Gasteiger charge is -2.17. The van der Waals surface area contributed by atoms with Gasteiger partial charge in [-0.1, -0.05) is 13.8 Å². The maximum Gasteiger partial charge on any atom is 0.304 e. The van der Waals surface area contributed by atoms with E-state index in [1.807, 2.05) is 13.8 Å². The van der Waals surface area contributed by atoms with Gasteiger partial charge >= 0.3 is 5.97 Å². The average Bonchev–Trinajstić information content (AvgIpc) is 2.73. The zero-order valence-electron chi connectivity index (χ0n) is 8.82. The van der Waals surface area contributed by atoms with Gasteiger partial charge in [-0.05, 0) is 25.2 Å². The van der Waals surface area contributed by atoms with Crippen LogP contribution in [0.2, 0.25) is 0 Å². The van der Waals surface area contributed by atoms with Crippen molar-refractivity contribution in [1.29, 1.82) is 0 Å². The Labute approximate surface area is 84.5 Å². The van der Waals surface area contributed by atoms with Gasteiger partial charge in [0.05, 0.1) is 6.42 Å². The second-order valence-corrected chi connectivity index (χ2v) is 3.88. The van der Waals surface area contributed by atoms with Crippen LogP contribution < -0.4 is 0 Å². The molecule has 0 amide bonds. The van der Waals surface area contributed by atoms with Crippen molar-refractivity contribution < 1.29 is 14.7 Å². The Kier molecular flexibility index (Phi) is 3.67. The highest BCUT2D eigenvalue weighted by atomic mass is 16.4. The lowest BCUT2D eigenvalue weighted by Crippen LogP contribution is -2.24. The van der Waals surface area contributed by atoms with Gasteiger partial charge in [-0.3, -0.25) is 9.59 Å². The van der Waals surface area contributed by atoms with Gasteiger partial charge in [0.15, 0.2) is 0 Å². The molecule has 0 aromatic carbocycles. The normalized spacial score (nSPS) is 33.9. The summed E-state index contributed by atoms with van der Waals surface area (Å²) in [7, 11) is 0. The highest BCUT2D eigenvalue weighted by Gasteiger charge is 2.47. The molecule has 3 atom stereocenters. The van der Waals surface area contributed by atoms with Crippen molar-refractivity contribution in [2.45, 2.75) is 39.5 Å². The number of carbonyl (C=O) groups is 2. The summed E-state index contributed by atoms with van der Waals surface area (Å²) in [6, 6.07) is 0. The molecule has 0 saturated heterocycles. The fourth-order valence-corrected chi connectivity index (χ4v) is 2.63. The number of Topliss-reactive ketones (excluding diaryl/α,β-unsaturated/α-hetero) is 1. The molecule has 2 rings (SSSR count). The van der Waals surface area contributed by atoms with Gasteiger partial charge in [0.2, 0.25) is 0 Å². The van der Waals surface area contributed by atoms with E-state index in [9.17, 15) is 9.59 Å². The highest BCUT2D eigenvalue weighted by Crippen LogP contribution is 2.46. The zero-order valence-corrected chi connectivity index (χ0v) is 8.82. The minimum absolute atomic E-state index is 0.0556. The number of ketones is 1. The van der Waals surface area contributed by atoms with Crippen LogP contribution in [0.25, 0.3) is 0 Å². The molecule has 2 bridgehead atoms. The molecule has 0 aliphatic heterocycles. The number of fused-ring (bicyclic) bond motifs is 2. The maximum atomic E-state index is 11.4. The van der Waals surface area contributed by atoms with Gasteiger partial charge in [0.1, 0.15) is 5.78 Å². The summed E-state index contributed by atoms with van der Waals surface area (Å²) >= 11 is 0. The Hall–Kier alpha value is -0.860. The Morgan fingerprint density at radius 2 is 2.07 bits per heavy atom. The molecule has 1 N–H and O–H groups in total. The van der Waals surface area contributed by atoms with Crippen molar-refractivity contribution in [3.63, 3.8) is 0 Å². The second kappa shape index (κ2) is 4.58. The molecular formula is C11H18O3. The van der Waals surface area contributed by atoms with Gasteiger partial charge in [-0.25, -0.2) is 0 Å². The van der Waals surface area contributed by atoms with Crippen LogP contribution in [0.4, 0.5) is 0 Å². The van der Waals surface area contributed by atoms with E-state index in [-0.39, 0.29) is 24.0 Å². The van der Waals surface area contributed by atoms with Crippen molar-refractivity contribution in [2.24, 2.45) is 17.8 Å². The molecule has 0 aromatic rings. The number of hydrogen-bond donors (Lipinski definition) is 1. The van der Waals surface area contributed by atoms with E-state index in [4.69, 9.17) is 5.11 Å². The molecule has 2 aliphatic carbocycles. The van der Waals surface area contributed by atoms with Gasteiger partial charge < -0.3 is 5.11 Å². The van der Waals surface area contributed by atoms with Crippen molar-refractivity contribution in [3.8, 4) is 0 Å². The van der Waals surface area contributed by atoms with Crippen LogP contribution >= 0.6 is 0 Å². The number of aliphatic carboxylic acids is 1. The SMILES string of the molecule is CC.O=C(O)CC1C(=O)C2CCC1C2. The minimum Gasteiger partial charge on any atom is -0.481 e. The molecular weight excluding hydrogens is 180 g/mol. The van der Waals surface area contributed by atoms with Crippen molar-refractivity contribution in [3.05, 3.63) is 0 Å². The first kappa shape index (κ1) is 11.2. The fourth-order valence-electron chi connectivity index (χ4n) is 2.63. The molecule has 2 aliphatic rings. The van der Waals surface area contributed by atoms with E-state index in [0.717, 1.165) is 19.3 Å². The molecule has 2 saturated carbocycles. The van der Waals surface area contributed by atoms with E-state index >= 15 is 0 Å². The van der Waals surface area contributed by atoms with Crippen molar-refractivity contribution in [2.75, 3.05) is 0 Å². The number of carboxylic acid groups (broad SMARTS) is 1. The Morgan fingerprint density at radius 3 is 2.50 bits per heavy atom. The van der Waals surface area contributed by atoms with Gasteiger partial charge in [-0.15, -0.1) is 0 Å². The Balaban J connectivity index is 0.000000461. The van der Waals surface area contributed by atoms with E-state index < -0.39 is 5.97 Å². The predicted molar refractivity (Wildman–Crippen MR) is 52.9 cm³/mol. The summed E-state index contributed by atoms with van der Waals surface area (Å²) in [5.41, 5.74) is 0. The van der Waals surface area contributed by atoms with E-state index in [1.54, 1.807) is 0 Å². The molecule has 0 radical (unpaired) electrons. The van der Waals surface area contributed by atoms with Gasteiger partial charge in [-0.2, -0.15) is 0 Å². The molecule has 0 heterocycles. The fraction of sp³-hybridized carbons (Fsp3) is 0.818. The van der Waals surface area contributed by atoms with Crippen LogP contribution in [0, 0.1) is 17.8 Å². The standard InChI is InChI=1S/C9H12O3.C2H6/c10-8(11)4-7-5-1-2-6(3-5)9(7)12;1-2/h5-7H,1-4H2,(H,10,11);1-2H3. The summed E-state index contributed by atoms with van der Waals surface area (Å²) in [6.45, 7) is 4.00. The second-order valence-electron chi connectivity index (χ2n) is 3.88. The number of rotatable bonds is 2. The number of carboxylic acids is 1. The predicted octanol–water partition coefficient (Wildman–Crippen LogP) is 2.10. The van der Waals surface area contributed by atoms with E-state index in [2.05, 4.69) is 0 Å². The summed E-state index contributed by atoms with van der Waals surface area (Å²) in [4.78, 5) is 21.9. The third-order valence-corrected chi connectivity index (χ3v) is 3.20. The van der Waals surface area contributed by atoms with Crippen LogP contribution in [0.3, 0.4) is 0 Å². The largest absolute Gasteiger partial charge is 0.481 e. The summed E-state index contributed by atoms with van der Waals surface area (Å²) in [6.07, 6.45) is 3.07. The average molecular weight is 198 g/mol. The van der Waals surface area contributed by atoms with Gasteiger partial charge in [0, 0.05) is 11.8 Å². The van der Waals surface area contributed by atoms with Gasteiger partial charge in [0.25, 0.3) is 0 Å². The quantitative estimate of drug-likeness (QED) is 0.739. The molecule has 2 fully saturated rings. The molecule has 3 unspecified atom stereocenters. The van der Waals surface area contributed by atoms with Crippen molar-refractivity contribution in [1.82, 2.24) is 0 Å². The third-order valence-electron chi connectivity index (χ3n) is 3.20. The summed E-state index contributed by atoms with van der Waals surface area (Å²) in [5.74, 6) is -0.172. The topological polar surface area (TPSA) is 54.4 Å². The minimum atomic E-state index is -0.832. The maximum absolute atomic E-state index is 11.4. The molecule has 3 heteroatoms. The first-order chi connectivity index (χ1) is 6.68. The monoisotopic (exact) mass is 198 g/mol. The van der Waals surface area contributed by atoms with Crippen LogP contribution in [0.15, 0.2) is 0 Å². The molecule has 14 heavy (non-hydrogen) atoms. The molecule has 0 aromatic heterocycles. The smallest absolute Gasteiger partial charge is 0.304 e. The highest BCUT2D eigenvalue weighted by molar-refractivity contribution is 5.89. The van der Waals surface area contributed by atoms with Crippen LogP contribution in [0.1, 0.15) is 39.5 Å². The lowest BCUT2D eigenvalue weighted by molar-refractivity contribution is -0.141. The van der Waals surface area contributed by atoms with Crippen LogP contribution in [-0.4, -0.2) is 16.9 Å². The first-order valence-corrected chi connectivity index (χ1v) is 5.44.